The van der Waals surface area contributed by atoms with E-state index in [0.717, 1.165) is 41.2 Å². The van der Waals surface area contributed by atoms with Crippen LogP contribution in [0.5, 0.6) is 5.75 Å². The number of aliphatic hydroxyl groups excluding tert-OH is 1. The molecule has 2 amide bonds. The highest BCUT2D eigenvalue weighted by Gasteiger charge is 2.66. The second-order valence-corrected chi connectivity index (χ2v) is 19.9. The van der Waals surface area contributed by atoms with Crippen molar-refractivity contribution in [3.8, 4) is 5.75 Å². The Labute approximate surface area is 303 Å². The number of anilines is 2. The third kappa shape index (κ3) is 6.95. The SMILES string of the molecule is COc1ccc([Si](C)(C)[C@H]2[C@H](CCn3cc(CCO)nn3)O[C@@]3(C(=O)N(C/C=C(\C)CCC=C(C)C)c4ccc(N5CCC5=O)cc43)[C@@H]2C)cc1. The summed E-state index contributed by atoms with van der Waals surface area (Å²) in [6, 6.07) is 14.4. The predicted octanol–water partition coefficient (Wildman–Crippen LogP) is 5.90. The molecule has 3 aliphatic rings. The van der Waals surface area contributed by atoms with Crippen LogP contribution in [0.25, 0.3) is 0 Å². The van der Waals surface area contributed by atoms with Crippen molar-refractivity contribution < 1.29 is 24.2 Å². The van der Waals surface area contributed by atoms with Gasteiger partial charge < -0.3 is 24.4 Å². The first-order valence-corrected chi connectivity index (χ1v) is 21.4. The molecular weight excluding hydrogens is 659 g/mol. The molecule has 2 aromatic carbocycles. The molecule has 0 aliphatic carbocycles. The zero-order valence-corrected chi connectivity index (χ0v) is 32.2. The maximum Gasteiger partial charge on any atom is 0.264 e. The molecule has 2 saturated heterocycles. The number of ether oxygens (including phenoxy) is 2. The lowest BCUT2D eigenvalue weighted by atomic mass is 9.82. The van der Waals surface area contributed by atoms with E-state index in [9.17, 15) is 9.90 Å². The van der Waals surface area contributed by atoms with Crippen LogP contribution >= 0.6 is 0 Å². The molecule has 51 heavy (non-hydrogen) atoms. The highest BCUT2D eigenvalue weighted by molar-refractivity contribution is 6.91. The largest absolute Gasteiger partial charge is 0.497 e. The summed E-state index contributed by atoms with van der Waals surface area (Å²) in [4.78, 5) is 31.5. The summed E-state index contributed by atoms with van der Waals surface area (Å²) >= 11 is 0. The van der Waals surface area contributed by atoms with E-state index < -0.39 is 13.7 Å². The van der Waals surface area contributed by atoms with Crippen LogP contribution in [0.4, 0.5) is 11.4 Å². The molecule has 3 aliphatic heterocycles. The van der Waals surface area contributed by atoms with Crippen molar-refractivity contribution in [1.82, 2.24) is 15.0 Å². The van der Waals surface area contributed by atoms with Crippen LogP contribution in [-0.4, -0.2) is 72.9 Å². The zero-order valence-electron chi connectivity index (χ0n) is 31.2. The Bertz CT molecular complexity index is 1810. The number of amides is 2. The van der Waals surface area contributed by atoms with Crippen LogP contribution in [0, 0.1) is 5.92 Å². The van der Waals surface area contributed by atoms with Crippen molar-refractivity contribution in [3.63, 3.8) is 0 Å². The average molecular weight is 712 g/mol. The van der Waals surface area contributed by atoms with Crippen LogP contribution in [0.15, 0.2) is 72.0 Å². The fourth-order valence-electron chi connectivity index (χ4n) is 8.38. The number of aliphatic hydroxyl groups is 1. The molecule has 0 radical (unpaired) electrons. The summed E-state index contributed by atoms with van der Waals surface area (Å²) < 4.78 is 14.6. The van der Waals surface area contributed by atoms with E-state index in [1.165, 1.54) is 16.3 Å². The number of carbonyl (C=O) groups excluding carboxylic acids is 2. The summed E-state index contributed by atoms with van der Waals surface area (Å²) in [6.45, 7) is 15.0. The van der Waals surface area contributed by atoms with Crippen LogP contribution in [-0.2, 0) is 32.9 Å². The van der Waals surface area contributed by atoms with Gasteiger partial charge in [-0.2, -0.15) is 0 Å². The third-order valence-corrected chi connectivity index (χ3v) is 15.7. The minimum Gasteiger partial charge on any atom is -0.497 e. The molecule has 0 saturated carbocycles. The topological polar surface area (TPSA) is 110 Å². The maximum absolute atomic E-state index is 15.2. The molecule has 3 aromatic rings. The van der Waals surface area contributed by atoms with E-state index in [1.807, 2.05) is 46.1 Å². The molecular formula is C40H53N5O5Si. The number of hydrogen-bond acceptors (Lipinski definition) is 7. The molecule has 11 heteroatoms. The van der Waals surface area contributed by atoms with Gasteiger partial charge in [0.15, 0.2) is 5.60 Å². The van der Waals surface area contributed by atoms with Crippen molar-refractivity contribution in [2.75, 3.05) is 36.6 Å². The van der Waals surface area contributed by atoms with Gasteiger partial charge in [-0.1, -0.05) is 65.8 Å². The van der Waals surface area contributed by atoms with Gasteiger partial charge >= 0.3 is 0 Å². The minimum absolute atomic E-state index is 0.0153. The number of rotatable bonds is 14. The summed E-state index contributed by atoms with van der Waals surface area (Å²) in [5.41, 5.74) is 4.66. The lowest BCUT2D eigenvalue weighted by Gasteiger charge is -2.37. The van der Waals surface area contributed by atoms with Crippen molar-refractivity contribution in [2.45, 2.75) is 96.7 Å². The number of aryl methyl sites for hydroxylation is 1. The van der Waals surface area contributed by atoms with Gasteiger partial charge in [-0.3, -0.25) is 14.3 Å². The molecule has 6 rings (SSSR count). The van der Waals surface area contributed by atoms with Gasteiger partial charge in [-0.25, -0.2) is 0 Å². The van der Waals surface area contributed by atoms with Crippen LogP contribution < -0.4 is 19.7 Å². The van der Waals surface area contributed by atoms with E-state index in [0.29, 0.717) is 38.9 Å². The molecule has 2 fully saturated rings. The number of methoxy groups -OCH3 is 1. The fourth-order valence-corrected chi connectivity index (χ4v) is 12.4. The van der Waals surface area contributed by atoms with Crippen molar-refractivity contribution in [1.29, 1.82) is 0 Å². The normalized spacial score (nSPS) is 23.2. The molecule has 272 valence electrons. The Morgan fingerprint density at radius 3 is 2.53 bits per heavy atom. The predicted molar refractivity (Wildman–Crippen MR) is 203 cm³/mol. The third-order valence-electron chi connectivity index (χ3n) is 11.3. The Balaban J connectivity index is 1.41. The smallest absolute Gasteiger partial charge is 0.264 e. The first-order valence-electron chi connectivity index (χ1n) is 18.3. The van der Waals surface area contributed by atoms with Gasteiger partial charge in [-0.05, 0) is 75.9 Å². The number of nitrogens with zero attached hydrogens (tertiary/aromatic N) is 5. The quantitative estimate of drug-likeness (QED) is 0.126. The first kappa shape index (κ1) is 36.7. The summed E-state index contributed by atoms with van der Waals surface area (Å²) in [7, 11) is -0.657. The van der Waals surface area contributed by atoms with Gasteiger partial charge in [0.1, 0.15) is 5.75 Å². The van der Waals surface area contributed by atoms with Crippen molar-refractivity contribution >= 4 is 36.4 Å². The number of benzene rings is 2. The molecule has 0 unspecified atom stereocenters. The minimum atomic E-state index is -2.33. The Morgan fingerprint density at radius 1 is 1.12 bits per heavy atom. The number of fused-ring (bicyclic) bond motifs is 2. The molecule has 10 nitrogen and oxygen atoms in total. The Kier molecular flexibility index (Phi) is 10.7. The van der Waals surface area contributed by atoms with E-state index in [1.54, 1.807) is 12.0 Å². The van der Waals surface area contributed by atoms with E-state index in [-0.39, 0.29) is 36.0 Å². The number of hydrogen-bond donors (Lipinski definition) is 1. The van der Waals surface area contributed by atoms with Gasteiger partial charge in [-0.15, -0.1) is 5.10 Å². The highest BCUT2D eigenvalue weighted by atomic mass is 28.3. The molecule has 1 N–H and O–H groups in total. The number of β-lactam (4-membered cyclic amide) rings is 1. The Hall–Kier alpha value is -4.06. The Morgan fingerprint density at radius 2 is 1.88 bits per heavy atom. The van der Waals surface area contributed by atoms with E-state index >= 15 is 4.79 Å². The second-order valence-electron chi connectivity index (χ2n) is 15.2. The van der Waals surface area contributed by atoms with Crippen LogP contribution in [0.1, 0.15) is 64.6 Å². The van der Waals surface area contributed by atoms with Gasteiger partial charge in [0.25, 0.3) is 5.91 Å². The number of aromatic nitrogens is 3. The summed E-state index contributed by atoms with van der Waals surface area (Å²) in [5, 5.41) is 19.3. The van der Waals surface area contributed by atoms with Crippen molar-refractivity contribution in [2.24, 2.45) is 5.92 Å². The molecule has 1 spiro atoms. The molecule has 4 atom stereocenters. The van der Waals surface area contributed by atoms with E-state index in [2.05, 4.69) is 75.4 Å². The lowest BCUT2D eigenvalue weighted by molar-refractivity contribution is -0.145. The van der Waals surface area contributed by atoms with Gasteiger partial charge in [0.2, 0.25) is 5.91 Å². The molecule has 0 bridgehead atoms. The van der Waals surface area contributed by atoms with Gasteiger partial charge in [0.05, 0.1) is 32.7 Å². The average Bonchev–Trinajstić information content (AvgIpc) is 3.75. The number of allylic oxidation sites excluding steroid dienone is 3. The highest BCUT2D eigenvalue weighted by Crippen LogP contribution is 2.60. The first-order chi connectivity index (χ1) is 24.4. The fraction of sp³-hybridized carbons (Fsp3) is 0.500. The standard InChI is InChI=1S/C40H53N5O5Si/c1-27(2)9-8-10-28(3)17-22-45-35-16-11-31(44-23-19-37(44)47)25-34(35)40(39(45)48)29(4)38(51(6,7)33-14-12-32(49-5)13-15-33)36(50-40)18-21-43-26-30(20-24-46)41-42-43/h9,11-17,25-26,29,36,38,46H,8,10,18-24H2,1-7H3/b28-17+/t29-,36+,38-,40+/m1/s1. The van der Waals surface area contributed by atoms with Gasteiger partial charge in [0, 0.05) is 62.4 Å². The van der Waals surface area contributed by atoms with Crippen molar-refractivity contribution in [3.05, 3.63) is 83.2 Å². The molecule has 1 aromatic heterocycles. The zero-order chi connectivity index (χ0) is 36.5. The second kappa shape index (κ2) is 14.9. The molecule has 4 heterocycles. The maximum atomic E-state index is 15.2. The summed E-state index contributed by atoms with van der Waals surface area (Å²) in [5.74, 6) is 0.708. The summed E-state index contributed by atoms with van der Waals surface area (Å²) in [6.07, 6.45) is 9.57. The van der Waals surface area contributed by atoms with Crippen LogP contribution in [0.3, 0.4) is 0 Å². The lowest BCUT2D eigenvalue weighted by Crippen LogP contribution is -2.52. The van der Waals surface area contributed by atoms with E-state index in [4.69, 9.17) is 9.47 Å². The monoisotopic (exact) mass is 711 g/mol. The number of carbonyl (C=O) groups is 2. The van der Waals surface area contributed by atoms with Crippen LogP contribution in [0.2, 0.25) is 18.6 Å².